The maximum atomic E-state index is 5.48. The van der Waals surface area contributed by atoms with Crippen molar-refractivity contribution in [2.75, 3.05) is 66.1 Å². The first-order valence-electron chi connectivity index (χ1n) is 7.63. The summed E-state index contributed by atoms with van der Waals surface area (Å²) in [6.07, 6.45) is 6.19. The van der Waals surface area contributed by atoms with Crippen LogP contribution < -0.4 is 0 Å². The lowest BCUT2D eigenvalue weighted by Crippen LogP contribution is -2.14. The summed E-state index contributed by atoms with van der Waals surface area (Å²) in [5.74, 6) is 3.01. The lowest BCUT2D eigenvalue weighted by Gasteiger charge is -2.10. The van der Waals surface area contributed by atoms with Gasteiger partial charge in [0.1, 0.15) is 6.61 Å². The molecule has 5 heteroatoms. The Hall–Kier alpha value is -0.640. The van der Waals surface area contributed by atoms with Gasteiger partial charge >= 0.3 is 0 Å². The smallest absolute Gasteiger partial charge is 0.107 e. The number of hydrogen-bond donors (Lipinski definition) is 0. The van der Waals surface area contributed by atoms with E-state index in [0.29, 0.717) is 65.4 Å². The second kappa shape index (κ2) is 17.4. The molecule has 0 aromatic carbocycles. The third kappa shape index (κ3) is 17.3. The van der Waals surface area contributed by atoms with E-state index in [1.807, 2.05) is 0 Å². The molecule has 0 aromatic rings. The highest BCUT2D eigenvalue weighted by molar-refractivity contribution is 4.82. The predicted molar refractivity (Wildman–Crippen MR) is 82.4 cm³/mol. The number of terminal acetylenes is 1. The van der Waals surface area contributed by atoms with Crippen molar-refractivity contribution in [2.45, 2.75) is 20.3 Å². The van der Waals surface area contributed by atoms with Crippen LogP contribution in [-0.4, -0.2) is 66.1 Å². The molecular formula is C16H30O5. The second-order valence-electron chi connectivity index (χ2n) is 4.68. The predicted octanol–water partition coefficient (Wildman–Crippen LogP) is 1.75. The Morgan fingerprint density at radius 1 is 0.762 bits per heavy atom. The van der Waals surface area contributed by atoms with Crippen molar-refractivity contribution in [3.05, 3.63) is 0 Å². The Labute approximate surface area is 129 Å². The average molecular weight is 302 g/mol. The molecule has 0 fully saturated rings. The highest BCUT2D eigenvalue weighted by Crippen LogP contribution is 1.99. The zero-order valence-electron chi connectivity index (χ0n) is 13.5. The molecule has 0 amide bonds. The summed E-state index contributed by atoms with van der Waals surface area (Å²) in [7, 11) is 0. The summed E-state index contributed by atoms with van der Waals surface area (Å²) < 4.78 is 26.6. The normalized spacial score (nSPS) is 12.2. The lowest BCUT2D eigenvalue weighted by molar-refractivity contribution is -0.0116. The fourth-order valence-corrected chi connectivity index (χ4v) is 1.31. The number of rotatable bonds is 16. The molecular weight excluding hydrogens is 272 g/mol. The highest BCUT2D eigenvalue weighted by Gasteiger charge is 1.98. The monoisotopic (exact) mass is 302 g/mol. The van der Waals surface area contributed by atoms with E-state index < -0.39 is 0 Å². The fourth-order valence-electron chi connectivity index (χ4n) is 1.31. The highest BCUT2D eigenvalue weighted by atomic mass is 16.6. The van der Waals surface area contributed by atoms with Gasteiger partial charge in [-0.2, -0.15) is 0 Å². The third-order valence-corrected chi connectivity index (χ3v) is 2.77. The van der Waals surface area contributed by atoms with Crippen LogP contribution in [0.15, 0.2) is 0 Å². The van der Waals surface area contributed by atoms with Crippen molar-refractivity contribution >= 4 is 0 Å². The number of ether oxygens (including phenoxy) is 5. The van der Waals surface area contributed by atoms with E-state index in [9.17, 15) is 0 Å². The molecule has 124 valence electrons. The van der Waals surface area contributed by atoms with E-state index in [1.54, 1.807) is 0 Å². The minimum atomic E-state index is 0.332. The Bertz CT molecular complexity index is 239. The molecule has 0 aromatic heterocycles. The molecule has 0 bridgehead atoms. The SMILES string of the molecule is C#CCOCCOCCOCCOCCOCC(C)CC. The summed E-state index contributed by atoms with van der Waals surface area (Å²) in [6, 6.07) is 0. The molecule has 0 spiro atoms. The molecule has 0 aliphatic carbocycles. The zero-order valence-corrected chi connectivity index (χ0v) is 13.5. The van der Waals surface area contributed by atoms with Gasteiger partial charge in [0.15, 0.2) is 0 Å². The van der Waals surface area contributed by atoms with Crippen LogP contribution in [0.3, 0.4) is 0 Å². The first-order chi connectivity index (χ1) is 10.3. The van der Waals surface area contributed by atoms with E-state index in [2.05, 4.69) is 19.8 Å². The minimum absolute atomic E-state index is 0.332. The van der Waals surface area contributed by atoms with Crippen molar-refractivity contribution in [2.24, 2.45) is 5.92 Å². The van der Waals surface area contributed by atoms with E-state index in [-0.39, 0.29) is 0 Å². The van der Waals surface area contributed by atoms with Crippen LogP contribution in [-0.2, 0) is 23.7 Å². The minimum Gasteiger partial charge on any atom is -0.379 e. The van der Waals surface area contributed by atoms with Gasteiger partial charge in [-0.1, -0.05) is 26.2 Å². The summed E-state index contributed by atoms with van der Waals surface area (Å²) >= 11 is 0. The van der Waals surface area contributed by atoms with Gasteiger partial charge in [0.2, 0.25) is 0 Å². The molecule has 1 unspecified atom stereocenters. The maximum Gasteiger partial charge on any atom is 0.107 e. The molecule has 0 aliphatic heterocycles. The molecule has 21 heavy (non-hydrogen) atoms. The van der Waals surface area contributed by atoms with Crippen LogP contribution >= 0.6 is 0 Å². The molecule has 0 radical (unpaired) electrons. The van der Waals surface area contributed by atoms with Gasteiger partial charge in [-0.15, -0.1) is 6.42 Å². The molecule has 0 rings (SSSR count). The van der Waals surface area contributed by atoms with Crippen molar-refractivity contribution in [3.8, 4) is 12.3 Å². The molecule has 0 N–H and O–H groups in total. The van der Waals surface area contributed by atoms with E-state index in [0.717, 1.165) is 13.0 Å². The van der Waals surface area contributed by atoms with E-state index in [1.165, 1.54) is 0 Å². The summed E-state index contributed by atoms with van der Waals surface area (Å²) in [5, 5.41) is 0. The molecule has 5 nitrogen and oxygen atoms in total. The fraction of sp³-hybridized carbons (Fsp3) is 0.875. The molecule has 0 heterocycles. The van der Waals surface area contributed by atoms with Gasteiger partial charge in [-0.25, -0.2) is 0 Å². The molecule has 0 saturated heterocycles. The van der Waals surface area contributed by atoms with Gasteiger partial charge in [-0.05, 0) is 5.92 Å². The summed E-state index contributed by atoms with van der Waals surface area (Å²) in [4.78, 5) is 0. The topological polar surface area (TPSA) is 46.2 Å². The van der Waals surface area contributed by atoms with E-state index >= 15 is 0 Å². The maximum absolute atomic E-state index is 5.48. The van der Waals surface area contributed by atoms with Crippen LogP contribution in [0.25, 0.3) is 0 Å². The van der Waals surface area contributed by atoms with Crippen LogP contribution in [0, 0.1) is 18.3 Å². The van der Waals surface area contributed by atoms with Gasteiger partial charge in [0.25, 0.3) is 0 Å². The Morgan fingerprint density at radius 3 is 1.62 bits per heavy atom. The van der Waals surface area contributed by atoms with Crippen molar-refractivity contribution < 1.29 is 23.7 Å². The van der Waals surface area contributed by atoms with Crippen LogP contribution in [0.5, 0.6) is 0 Å². The quantitative estimate of drug-likeness (QED) is 0.321. The molecule has 0 saturated carbocycles. The standard InChI is InChI=1S/C16H30O5/c1-4-6-17-7-8-18-9-10-19-11-12-20-13-14-21-15-16(3)5-2/h1,16H,5-15H2,2-3H3. The average Bonchev–Trinajstić information content (AvgIpc) is 2.50. The summed E-state index contributed by atoms with van der Waals surface area (Å²) in [5.41, 5.74) is 0. The number of hydrogen-bond acceptors (Lipinski definition) is 5. The molecule has 1 atom stereocenters. The summed E-state index contributed by atoms with van der Waals surface area (Å²) in [6.45, 7) is 10.1. The second-order valence-corrected chi connectivity index (χ2v) is 4.68. The Morgan fingerprint density at radius 2 is 1.19 bits per heavy atom. The first kappa shape index (κ1) is 20.4. The van der Waals surface area contributed by atoms with E-state index in [4.69, 9.17) is 30.1 Å². The van der Waals surface area contributed by atoms with Gasteiger partial charge in [-0.3, -0.25) is 0 Å². The van der Waals surface area contributed by atoms with Crippen molar-refractivity contribution in [1.82, 2.24) is 0 Å². The zero-order chi connectivity index (χ0) is 15.6. The Kier molecular flexibility index (Phi) is 16.9. The Balaban J connectivity index is 2.98. The van der Waals surface area contributed by atoms with Crippen LogP contribution in [0.2, 0.25) is 0 Å². The van der Waals surface area contributed by atoms with Crippen LogP contribution in [0.4, 0.5) is 0 Å². The lowest BCUT2D eigenvalue weighted by atomic mass is 10.1. The first-order valence-corrected chi connectivity index (χ1v) is 7.63. The van der Waals surface area contributed by atoms with Crippen LogP contribution in [0.1, 0.15) is 20.3 Å². The van der Waals surface area contributed by atoms with Gasteiger partial charge in [0, 0.05) is 6.61 Å². The van der Waals surface area contributed by atoms with Crippen molar-refractivity contribution in [1.29, 1.82) is 0 Å². The largest absolute Gasteiger partial charge is 0.379 e. The van der Waals surface area contributed by atoms with Gasteiger partial charge in [0.05, 0.1) is 52.9 Å². The van der Waals surface area contributed by atoms with Crippen molar-refractivity contribution in [3.63, 3.8) is 0 Å². The van der Waals surface area contributed by atoms with Gasteiger partial charge < -0.3 is 23.7 Å². The molecule has 0 aliphatic rings. The third-order valence-electron chi connectivity index (χ3n) is 2.77.